The smallest absolute Gasteiger partial charge is 0.272 e. The van der Waals surface area contributed by atoms with E-state index in [4.69, 9.17) is 18.0 Å². The Morgan fingerprint density at radius 3 is 2.29 bits per heavy atom. The molecule has 0 bridgehead atoms. The maximum absolute atomic E-state index is 13.8. The average molecular weight is 635 g/mol. The summed E-state index contributed by atoms with van der Waals surface area (Å²) >= 11 is 12.9. The predicted octanol–water partition coefficient (Wildman–Crippen LogP) is 4.34. The van der Waals surface area contributed by atoms with Crippen LogP contribution in [-0.2, 0) is 10.0 Å². The van der Waals surface area contributed by atoms with Gasteiger partial charge in [-0.05, 0) is 18.2 Å². The highest BCUT2D eigenvalue weighted by Crippen LogP contribution is 2.36. The van der Waals surface area contributed by atoms with E-state index in [1.54, 1.807) is 6.07 Å². The van der Waals surface area contributed by atoms with Gasteiger partial charge in [-0.1, -0.05) is 55.4 Å². The average Bonchev–Trinajstić information content (AvgIpc) is 2.83. The lowest BCUT2D eigenvalue weighted by molar-refractivity contribution is -0.385. The van der Waals surface area contributed by atoms with Gasteiger partial charge in [-0.25, -0.2) is 8.42 Å². The minimum absolute atomic E-state index is 0.146. The Hall–Kier alpha value is -1.84. The molecular formula is C22H23Br2ClN4O4S. The van der Waals surface area contributed by atoms with Crippen molar-refractivity contribution in [2.45, 2.75) is 4.90 Å². The molecule has 0 unspecified atom stereocenters. The molecule has 0 aromatic heterocycles. The van der Waals surface area contributed by atoms with Crippen molar-refractivity contribution in [2.24, 2.45) is 0 Å². The third-order valence-corrected chi connectivity index (χ3v) is 8.34. The van der Waals surface area contributed by atoms with Crippen LogP contribution < -0.4 is 9.80 Å². The molecule has 12 heteroatoms. The number of piperazine rings is 1. The highest BCUT2D eigenvalue weighted by Gasteiger charge is 2.34. The van der Waals surface area contributed by atoms with Crippen molar-refractivity contribution in [3.8, 4) is 12.3 Å². The molecule has 2 aromatic rings. The van der Waals surface area contributed by atoms with Gasteiger partial charge in [-0.3, -0.25) is 10.1 Å². The summed E-state index contributed by atoms with van der Waals surface area (Å²) in [4.78, 5) is 14.7. The van der Waals surface area contributed by atoms with Crippen LogP contribution >= 0.6 is 43.5 Å². The van der Waals surface area contributed by atoms with Gasteiger partial charge in [0.1, 0.15) is 4.90 Å². The Bertz CT molecular complexity index is 1190. The van der Waals surface area contributed by atoms with Crippen LogP contribution in [0.5, 0.6) is 0 Å². The zero-order valence-electron chi connectivity index (χ0n) is 18.2. The molecule has 0 N–H and O–H groups in total. The van der Waals surface area contributed by atoms with Crippen LogP contribution in [0.25, 0.3) is 0 Å². The number of nitrogens with zero attached hydrogens (tertiary/aromatic N) is 4. The highest BCUT2D eigenvalue weighted by atomic mass is 79.9. The van der Waals surface area contributed by atoms with Gasteiger partial charge in [0.15, 0.2) is 0 Å². The molecule has 0 spiro atoms. The summed E-state index contributed by atoms with van der Waals surface area (Å²) in [5.74, 6) is 2.46. The molecule has 1 saturated heterocycles. The Labute approximate surface area is 221 Å². The topological polar surface area (TPSA) is 87.0 Å². The van der Waals surface area contributed by atoms with E-state index in [1.165, 1.54) is 10.4 Å². The number of nitro benzene ring substituents is 1. The first-order valence-corrected chi connectivity index (χ1v) is 14.5. The minimum Gasteiger partial charge on any atom is -0.369 e. The number of sulfonamides is 1. The first-order chi connectivity index (χ1) is 16.2. The van der Waals surface area contributed by atoms with Crippen molar-refractivity contribution in [1.29, 1.82) is 0 Å². The molecule has 182 valence electrons. The lowest BCUT2D eigenvalue weighted by Crippen LogP contribution is -2.49. The number of hydrogen-bond acceptors (Lipinski definition) is 6. The zero-order valence-corrected chi connectivity index (χ0v) is 22.9. The third-order valence-electron chi connectivity index (χ3n) is 5.48. The molecule has 0 aliphatic carbocycles. The van der Waals surface area contributed by atoms with Crippen molar-refractivity contribution in [2.75, 3.05) is 59.7 Å². The maximum Gasteiger partial charge on any atom is 0.272 e. The summed E-state index contributed by atoms with van der Waals surface area (Å²) in [6.07, 6.45) is 5.69. The van der Waals surface area contributed by atoms with Crippen molar-refractivity contribution in [3.63, 3.8) is 0 Å². The molecule has 34 heavy (non-hydrogen) atoms. The zero-order chi connectivity index (χ0) is 24.9. The van der Waals surface area contributed by atoms with Crippen molar-refractivity contribution < 1.29 is 13.3 Å². The Kier molecular flexibility index (Phi) is 9.23. The standard InChI is InChI=1S/C22H23Br2ClN4O4S/c1-2-17-14-20(29(30)31)16-21(22(17)27(8-6-23)9-7-24)34(32,33)28-12-10-26(11-13-28)19-5-3-4-18(25)15-19/h1,3-5,14-16H,6-13H2. The second-order valence-corrected chi connectivity index (χ2v) is 11.4. The second-order valence-electron chi connectivity index (χ2n) is 7.48. The molecule has 0 atom stereocenters. The van der Waals surface area contributed by atoms with E-state index in [2.05, 4.69) is 42.7 Å². The first kappa shape index (κ1) is 26.8. The van der Waals surface area contributed by atoms with Crippen molar-refractivity contribution in [3.05, 3.63) is 57.1 Å². The molecule has 2 aromatic carbocycles. The molecule has 0 saturated carbocycles. The van der Waals surface area contributed by atoms with Crippen LogP contribution in [0.2, 0.25) is 5.02 Å². The van der Waals surface area contributed by atoms with E-state index in [0.29, 0.717) is 47.5 Å². The van der Waals surface area contributed by atoms with E-state index in [9.17, 15) is 18.5 Å². The molecular weight excluding hydrogens is 612 g/mol. The van der Waals surface area contributed by atoms with Gasteiger partial charge in [-0.15, -0.1) is 6.42 Å². The van der Waals surface area contributed by atoms with E-state index in [0.717, 1.165) is 11.8 Å². The quantitative estimate of drug-likeness (QED) is 0.177. The Balaban J connectivity index is 2.02. The van der Waals surface area contributed by atoms with Crippen LogP contribution in [0.3, 0.4) is 0 Å². The minimum atomic E-state index is -4.07. The van der Waals surface area contributed by atoms with Crippen molar-refractivity contribution >= 4 is 70.5 Å². The summed E-state index contributed by atoms with van der Waals surface area (Å²) in [5, 5.41) is 13.3. The number of non-ortho nitro benzene ring substituents is 1. The largest absolute Gasteiger partial charge is 0.369 e. The summed E-state index contributed by atoms with van der Waals surface area (Å²) in [6.45, 7) is 2.31. The lowest BCUT2D eigenvalue weighted by atomic mass is 10.1. The van der Waals surface area contributed by atoms with Crippen LogP contribution in [0.4, 0.5) is 17.1 Å². The van der Waals surface area contributed by atoms with E-state index in [-0.39, 0.29) is 29.2 Å². The first-order valence-electron chi connectivity index (χ1n) is 10.4. The number of rotatable bonds is 9. The molecule has 1 aliphatic heterocycles. The van der Waals surface area contributed by atoms with Gasteiger partial charge in [0.2, 0.25) is 10.0 Å². The summed E-state index contributed by atoms with van der Waals surface area (Å²) in [7, 11) is -4.07. The number of terminal acetylenes is 1. The fourth-order valence-electron chi connectivity index (χ4n) is 3.87. The molecule has 1 heterocycles. The summed E-state index contributed by atoms with van der Waals surface area (Å²) in [5.41, 5.74) is 1.04. The molecule has 0 amide bonds. The molecule has 1 fully saturated rings. The Morgan fingerprint density at radius 2 is 1.76 bits per heavy atom. The lowest BCUT2D eigenvalue weighted by Gasteiger charge is -2.36. The molecule has 3 rings (SSSR count). The summed E-state index contributed by atoms with van der Waals surface area (Å²) in [6, 6.07) is 9.75. The SMILES string of the molecule is C#Cc1cc([N+](=O)[O-])cc(S(=O)(=O)N2CCN(c3cccc(Cl)c3)CC2)c1N(CCBr)CCBr. The van der Waals surface area contributed by atoms with Crippen LogP contribution in [0.1, 0.15) is 5.56 Å². The number of alkyl halides is 2. The molecule has 1 aliphatic rings. The van der Waals surface area contributed by atoms with Gasteiger partial charge >= 0.3 is 0 Å². The number of hydrogen-bond donors (Lipinski definition) is 0. The number of halogens is 3. The Morgan fingerprint density at radius 1 is 1.12 bits per heavy atom. The fourth-order valence-corrected chi connectivity index (χ4v) is 6.59. The van der Waals surface area contributed by atoms with E-state index < -0.39 is 14.9 Å². The number of benzene rings is 2. The normalized spacial score (nSPS) is 14.6. The van der Waals surface area contributed by atoms with E-state index >= 15 is 0 Å². The predicted molar refractivity (Wildman–Crippen MR) is 143 cm³/mol. The monoisotopic (exact) mass is 632 g/mol. The third kappa shape index (κ3) is 5.86. The van der Waals surface area contributed by atoms with Crippen molar-refractivity contribution in [1.82, 2.24) is 4.31 Å². The van der Waals surface area contributed by atoms with Gasteiger partial charge in [0.25, 0.3) is 5.69 Å². The highest BCUT2D eigenvalue weighted by molar-refractivity contribution is 9.09. The molecule has 8 nitrogen and oxygen atoms in total. The summed E-state index contributed by atoms with van der Waals surface area (Å²) < 4.78 is 29.0. The van der Waals surface area contributed by atoms with Gasteiger partial charge in [-0.2, -0.15) is 4.31 Å². The van der Waals surface area contributed by atoms with Gasteiger partial charge < -0.3 is 9.80 Å². The molecule has 0 radical (unpaired) electrons. The van der Waals surface area contributed by atoms with Crippen LogP contribution in [-0.4, -0.2) is 67.6 Å². The van der Waals surface area contributed by atoms with Gasteiger partial charge in [0.05, 0.1) is 16.2 Å². The maximum atomic E-state index is 13.8. The van der Waals surface area contributed by atoms with Crippen LogP contribution in [0, 0.1) is 22.5 Å². The number of anilines is 2. The number of nitro groups is 1. The van der Waals surface area contributed by atoms with Gasteiger partial charge in [0, 0.05) is 72.8 Å². The van der Waals surface area contributed by atoms with Crippen LogP contribution in [0.15, 0.2) is 41.3 Å². The second kappa shape index (κ2) is 11.7. The fraction of sp³-hybridized carbons (Fsp3) is 0.364. The van der Waals surface area contributed by atoms with E-state index in [1.807, 2.05) is 23.1 Å².